The summed E-state index contributed by atoms with van der Waals surface area (Å²) in [5.74, 6) is -3.17. The average Bonchev–Trinajstić information content (AvgIpc) is 3.20. The topological polar surface area (TPSA) is 88.1 Å². The number of halogens is 2. The second-order valence-electron chi connectivity index (χ2n) is 6.51. The lowest BCUT2D eigenvalue weighted by atomic mass is 9.79. The largest absolute Gasteiger partial charge is 0.461 e. The van der Waals surface area contributed by atoms with Gasteiger partial charge in [-0.3, -0.25) is 15.0 Å². The van der Waals surface area contributed by atoms with E-state index >= 15 is 0 Å². The van der Waals surface area contributed by atoms with Gasteiger partial charge in [-0.25, -0.2) is 9.69 Å². The monoisotopic (exact) mass is 431 g/mol. The zero-order valence-corrected chi connectivity index (χ0v) is 16.7. The summed E-state index contributed by atoms with van der Waals surface area (Å²) in [4.78, 5) is 40.5. The highest BCUT2D eigenvalue weighted by Crippen LogP contribution is 2.46. The number of imide groups is 1. The summed E-state index contributed by atoms with van der Waals surface area (Å²) in [6.07, 6.45) is 0. The van der Waals surface area contributed by atoms with Crippen LogP contribution in [0.3, 0.4) is 0 Å². The van der Waals surface area contributed by atoms with E-state index in [0.717, 1.165) is 4.90 Å². The molecule has 0 bridgehead atoms. The summed E-state index contributed by atoms with van der Waals surface area (Å²) in [6.45, 7) is 1.75. The van der Waals surface area contributed by atoms with Gasteiger partial charge in [-0.1, -0.05) is 47.5 Å². The number of nitrogens with zero attached hydrogens (tertiary/aromatic N) is 2. The summed E-state index contributed by atoms with van der Waals surface area (Å²) in [5.41, 5.74) is 1.67. The van der Waals surface area contributed by atoms with Crippen molar-refractivity contribution in [2.45, 2.75) is 12.5 Å². The molecular formula is C20H15Cl2N3O4. The Balaban J connectivity index is 1.89. The number of esters is 1. The van der Waals surface area contributed by atoms with Crippen molar-refractivity contribution >= 4 is 52.4 Å². The van der Waals surface area contributed by atoms with Crippen molar-refractivity contribution in [1.82, 2.24) is 5.43 Å². The maximum atomic E-state index is 13.6. The number of rotatable bonds is 4. The van der Waals surface area contributed by atoms with Gasteiger partial charge < -0.3 is 4.74 Å². The number of benzene rings is 2. The number of hydrazone groups is 1. The average molecular weight is 432 g/mol. The first kappa shape index (κ1) is 19.4. The van der Waals surface area contributed by atoms with Crippen LogP contribution in [0.25, 0.3) is 0 Å². The molecule has 2 aliphatic rings. The number of ether oxygens (including phenoxy) is 1. The van der Waals surface area contributed by atoms with Crippen molar-refractivity contribution in [3.63, 3.8) is 0 Å². The van der Waals surface area contributed by atoms with Gasteiger partial charge in [0.25, 0.3) is 5.91 Å². The molecule has 2 amide bonds. The van der Waals surface area contributed by atoms with Crippen LogP contribution in [0.2, 0.25) is 10.0 Å². The van der Waals surface area contributed by atoms with E-state index in [2.05, 4.69) is 10.5 Å². The lowest BCUT2D eigenvalue weighted by molar-refractivity contribution is -0.136. The van der Waals surface area contributed by atoms with Crippen molar-refractivity contribution in [3.8, 4) is 0 Å². The Morgan fingerprint density at radius 2 is 1.86 bits per heavy atom. The minimum absolute atomic E-state index is 0.106. The van der Waals surface area contributed by atoms with E-state index in [-0.39, 0.29) is 23.0 Å². The van der Waals surface area contributed by atoms with Crippen molar-refractivity contribution in [1.29, 1.82) is 0 Å². The number of para-hydroxylation sites is 1. The van der Waals surface area contributed by atoms with Gasteiger partial charge in [0.05, 0.1) is 17.3 Å². The molecule has 9 heteroatoms. The first-order valence-corrected chi connectivity index (χ1v) is 9.58. The van der Waals surface area contributed by atoms with Crippen molar-refractivity contribution in [2.24, 2.45) is 11.0 Å². The SMILES string of the molecule is CCOC(=O)C1=NN[C@@]2(c3ccc(Cl)cc3)C(=O)N(c3ccccc3Cl)C(=O)[C@@H]12. The van der Waals surface area contributed by atoms with Crippen molar-refractivity contribution in [3.05, 3.63) is 64.1 Å². The molecule has 1 fully saturated rings. The lowest BCUT2D eigenvalue weighted by Crippen LogP contribution is -2.48. The van der Waals surface area contributed by atoms with Crippen LogP contribution in [-0.4, -0.2) is 30.1 Å². The molecule has 2 atom stereocenters. The third-order valence-electron chi connectivity index (χ3n) is 4.94. The first-order valence-electron chi connectivity index (χ1n) is 8.82. The minimum Gasteiger partial charge on any atom is -0.461 e. The van der Waals surface area contributed by atoms with E-state index in [9.17, 15) is 14.4 Å². The van der Waals surface area contributed by atoms with E-state index in [4.69, 9.17) is 27.9 Å². The molecule has 7 nitrogen and oxygen atoms in total. The number of anilines is 1. The molecule has 148 valence electrons. The third kappa shape index (κ3) is 2.81. The lowest BCUT2D eigenvalue weighted by Gasteiger charge is -2.26. The molecule has 29 heavy (non-hydrogen) atoms. The van der Waals surface area contributed by atoms with E-state index in [1.807, 2.05) is 0 Å². The number of fused-ring (bicyclic) bond motifs is 1. The molecule has 1 saturated heterocycles. The Labute approximate surface area is 176 Å². The van der Waals surface area contributed by atoms with Crippen LogP contribution in [0.1, 0.15) is 12.5 Å². The van der Waals surface area contributed by atoms with Gasteiger partial charge >= 0.3 is 5.97 Å². The maximum Gasteiger partial charge on any atom is 0.355 e. The van der Waals surface area contributed by atoms with Gasteiger partial charge in [-0.15, -0.1) is 0 Å². The number of carbonyl (C=O) groups excluding carboxylic acids is 3. The number of nitrogens with one attached hydrogen (secondary N) is 1. The fourth-order valence-corrected chi connectivity index (χ4v) is 4.01. The van der Waals surface area contributed by atoms with Gasteiger partial charge in [0.1, 0.15) is 5.92 Å². The molecule has 0 saturated carbocycles. The Morgan fingerprint density at radius 3 is 2.52 bits per heavy atom. The van der Waals surface area contributed by atoms with Crippen molar-refractivity contribution < 1.29 is 19.1 Å². The Hall–Kier alpha value is -2.90. The van der Waals surface area contributed by atoms with Crippen LogP contribution in [0.5, 0.6) is 0 Å². The maximum absolute atomic E-state index is 13.6. The molecule has 1 N–H and O–H groups in total. The van der Waals surface area contributed by atoms with Gasteiger partial charge in [0, 0.05) is 5.02 Å². The Kier molecular flexibility index (Phi) is 4.80. The standard InChI is InChI=1S/C20H15Cl2N3O4/c1-2-29-18(27)16-15-17(26)25(14-6-4-3-5-13(14)22)19(28)20(15,24-23-16)11-7-9-12(21)10-8-11/h3-10,15,24H,2H2,1H3/t15-,20-/m1/s1. The minimum atomic E-state index is -1.59. The molecule has 0 aliphatic carbocycles. The quantitative estimate of drug-likeness (QED) is 0.593. The van der Waals surface area contributed by atoms with Crippen LogP contribution >= 0.6 is 23.2 Å². The number of amides is 2. The van der Waals surface area contributed by atoms with E-state index in [0.29, 0.717) is 10.6 Å². The number of carbonyl (C=O) groups is 3. The summed E-state index contributed by atoms with van der Waals surface area (Å²) >= 11 is 12.2. The summed E-state index contributed by atoms with van der Waals surface area (Å²) < 4.78 is 5.04. The van der Waals surface area contributed by atoms with Crippen LogP contribution in [-0.2, 0) is 24.7 Å². The van der Waals surface area contributed by atoms with Crippen LogP contribution < -0.4 is 10.3 Å². The van der Waals surface area contributed by atoms with E-state index in [1.54, 1.807) is 55.5 Å². The third-order valence-corrected chi connectivity index (χ3v) is 5.52. The molecule has 2 aromatic carbocycles. The molecule has 0 radical (unpaired) electrons. The number of hydrogen-bond acceptors (Lipinski definition) is 6. The van der Waals surface area contributed by atoms with Gasteiger partial charge in [0.2, 0.25) is 5.91 Å². The molecule has 0 spiro atoms. The normalized spacial score (nSPS) is 22.9. The molecule has 4 rings (SSSR count). The second kappa shape index (κ2) is 7.17. The van der Waals surface area contributed by atoms with Crippen LogP contribution in [0.4, 0.5) is 5.69 Å². The first-order chi connectivity index (χ1) is 13.9. The molecule has 2 aromatic rings. The smallest absolute Gasteiger partial charge is 0.355 e. The fraction of sp³-hybridized carbons (Fsp3) is 0.200. The predicted octanol–water partition coefficient (Wildman–Crippen LogP) is 2.90. The Bertz CT molecular complexity index is 1050. The highest BCUT2D eigenvalue weighted by atomic mass is 35.5. The summed E-state index contributed by atoms with van der Waals surface area (Å²) in [7, 11) is 0. The van der Waals surface area contributed by atoms with Gasteiger partial charge in [-0.2, -0.15) is 5.10 Å². The number of hydrogen-bond donors (Lipinski definition) is 1. The van der Waals surface area contributed by atoms with Crippen LogP contribution in [0.15, 0.2) is 53.6 Å². The van der Waals surface area contributed by atoms with Gasteiger partial charge in [0.15, 0.2) is 11.3 Å². The highest BCUT2D eigenvalue weighted by molar-refractivity contribution is 6.48. The van der Waals surface area contributed by atoms with Crippen molar-refractivity contribution in [2.75, 3.05) is 11.5 Å². The fourth-order valence-electron chi connectivity index (χ4n) is 3.66. The van der Waals surface area contributed by atoms with Crippen LogP contribution in [0, 0.1) is 5.92 Å². The Morgan fingerprint density at radius 1 is 1.17 bits per heavy atom. The summed E-state index contributed by atoms with van der Waals surface area (Å²) in [5, 5.41) is 4.71. The van der Waals surface area contributed by atoms with E-state index in [1.165, 1.54) is 0 Å². The zero-order valence-electron chi connectivity index (χ0n) is 15.2. The summed E-state index contributed by atoms with van der Waals surface area (Å²) in [6, 6.07) is 12.9. The van der Waals surface area contributed by atoms with Gasteiger partial charge in [-0.05, 0) is 36.8 Å². The molecule has 2 heterocycles. The zero-order chi connectivity index (χ0) is 20.8. The highest BCUT2D eigenvalue weighted by Gasteiger charge is 2.67. The van der Waals surface area contributed by atoms with E-state index < -0.39 is 29.2 Å². The molecule has 0 unspecified atom stereocenters. The molecule has 0 aromatic heterocycles. The predicted molar refractivity (Wildman–Crippen MR) is 108 cm³/mol. The second-order valence-corrected chi connectivity index (χ2v) is 7.35. The molecule has 2 aliphatic heterocycles. The molecular weight excluding hydrogens is 417 g/mol.